The van der Waals surface area contributed by atoms with Gasteiger partial charge in [0, 0.05) is 12.5 Å². The first-order valence-electron chi connectivity index (χ1n) is 11.1. The van der Waals surface area contributed by atoms with Gasteiger partial charge in [-0.05, 0) is 35.4 Å². The number of hydrogen-bond donors (Lipinski definition) is 2. The monoisotopic (exact) mass is 456 g/mol. The van der Waals surface area contributed by atoms with Crippen LogP contribution < -0.4 is 15.0 Å². The number of carbonyl (C=O) groups excluding carboxylic acids is 2. The van der Waals surface area contributed by atoms with E-state index in [2.05, 4.69) is 5.32 Å². The van der Waals surface area contributed by atoms with Crippen molar-refractivity contribution in [2.75, 3.05) is 12.0 Å². The van der Waals surface area contributed by atoms with Gasteiger partial charge in [-0.3, -0.25) is 19.7 Å². The summed E-state index contributed by atoms with van der Waals surface area (Å²) in [5.74, 6) is -3.33. The molecule has 0 saturated carbocycles. The maximum atomic E-state index is 13.8. The van der Waals surface area contributed by atoms with Gasteiger partial charge in [0.15, 0.2) is 0 Å². The molecule has 0 radical (unpaired) electrons. The summed E-state index contributed by atoms with van der Waals surface area (Å²) in [4.78, 5) is 41.5. The summed E-state index contributed by atoms with van der Waals surface area (Å²) in [6.07, 6.45) is 0.0681. The molecular weight excluding hydrogens is 432 g/mol. The number of nitrogens with one attached hydrogen (secondary N) is 1. The normalized spacial score (nSPS) is 25.9. The number of amides is 2. The number of anilines is 1. The van der Waals surface area contributed by atoms with Gasteiger partial charge in [0.25, 0.3) is 0 Å². The van der Waals surface area contributed by atoms with E-state index >= 15 is 0 Å². The van der Waals surface area contributed by atoms with Crippen molar-refractivity contribution in [1.29, 1.82) is 0 Å². The minimum atomic E-state index is -1.65. The van der Waals surface area contributed by atoms with Gasteiger partial charge in [-0.2, -0.15) is 0 Å². The number of benzene rings is 3. The van der Waals surface area contributed by atoms with Crippen molar-refractivity contribution >= 4 is 23.5 Å². The molecule has 2 saturated heterocycles. The molecule has 4 atom stereocenters. The second-order valence-electron chi connectivity index (χ2n) is 8.68. The first kappa shape index (κ1) is 21.9. The van der Waals surface area contributed by atoms with E-state index in [0.717, 1.165) is 16.0 Å². The predicted octanol–water partition coefficient (Wildman–Crippen LogP) is 3.21. The van der Waals surface area contributed by atoms with Crippen molar-refractivity contribution in [3.63, 3.8) is 0 Å². The third-order valence-electron chi connectivity index (χ3n) is 6.85. The van der Waals surface area contributed by atoms with Crippen LogP contribution in [0.15, 0.2) is 84.9 Å². The maximum Gasteiger partial charge on any atom is 0.325 e. The van der Waals surface area contributed by atoms with Crippen LogP contribution in [-0.2, 0) is 20.8 Å². The lowest BCUT2D eigenvalue weighted by Gasteiger charge is -2.31. The number of rotatable bonds is 6. The Morgan fingerprint density at radius 1 is 0.941 bits per heavy atom. The lowest BCUT2D eigenvalue weighted by Crippen LogP contribution is -2.57. The fourth-order valence-corrected chi connectivity index (χ4v) is 5.28. The molecule has 7 heteroatoms. The molecular formula is C27H24N2O5. The third kappa shape index (κ3) is 3.36. The van der Waals surface area contributed by atoms with Crippen LogP contribution in [0.4, 0.5) is 5.69 Å². The first-order chi connectivity index (χ1) is 16.5. The van der Waals surface area contributed by atoms with E-state index in [1.165, 1.54) is 0 Å². The molecule has 2 amide bonds. The quantitative estimate of drug-likeness (QED) is 0.553. The Balaban J connectivity index is 1.64. The molecule has 0 bridgehead atoms. The van der Waals surface area contributed by atoms with Crippen molar-refractivity contribution in [2.24, 2.45) is 11.8 Å². The van der Waals surface area contributed by atoms with E-state index < -0.39 is 41.2 Å². The minimum Gasteiger partial charge on any atom is -0.497 e. The zero-order chi connectivity index (χ0) is 23.9. The van der Waals surface area contributed by atoms with Gasteiger partial charge >= 0.3 is 5.97 Å². The summed E-state index contributed by atoms with van der Waals surface area (Å²) in [7, 11) is 1.56. The van der Waals surface area contributed by atoms with Crippen molar-refractivity contribution < 1.29 is 24.2 Å². The van der Waals surface area contributed by atoms with Crippen LogP contribution >= 0.6 is 0 Å². The molecule has 2 aliphatic heterocycles. The molecule has 34 heavy (non-hydrogen) atoms. The van der Waals surface area contributed by atoms with Gasteiger partial charge in [-0.15, -0.1) is 0 Å². The van der Waals surface area contributed by atoms with Gasteiger partial charge in [0.05, 0.1) is 24.6 Å². The van der Waals surface area contributed by atoms with Crippen LogP contribution in [0, 0.1) is 11.8 Å². The summed E-state index contributed by atoms with van der Waals surface area (Å²) >= 11 is 0. The summed E-state index contributed by atoms with van der Waals surface area (Å²) in [5.41, 5.74) is 0.291. The Hall–Kier alpha value is -3.97. The zero-order valence-electron chi connectivity index (χ0n) is 18.5. The van der Waals surface area contributed by atoms with Crippen molar-refractivity contribution in [3.8, 4) is 5.75 Å². The molecule has 0 spiro atoms. The number of aliphatic carboxylic acids is 1. The van der Waals surface area contributed by atoms with Gasteiger partial charge in [0.2, 0.25) is 11.8 Å². The average molecular weight is 456 g/mol. The molecule has 0 unspecified atom stereocenters. The second-order valence-corrected chi connectivity index (χ2v) is 8.68. The molecule has 2 fully saturated rings. The number of fused-ring (bicyclic) bond motifs is 1. The first-order valence-corrected chi connectivity index (χ1v) is 11.1. The fourth-order valence-electron chi connectivity index (χ4n) is 5.28. The van der Waals surface area contributed by atoms with Crippen LogP contribution in [0.2, 0.25) is 0 Å². The standard InChI is InChI=1S/C27H24N2O5/c1-34-20-14-12-18(13-15-20)23-21-22(25(31)29(24(21)30)19-10-6-3-7-11-19)27(28-23,26(32)33)16-17-8-4-2-5-9-17/h2-15,21-23,28H,16H2,1H3,(H,32,33)/t21-,22-,23-,27-/m0/s1. The largest absolute Gasteiger partial charge is 0.497 e. The van der Waals surface area contributed by atoms with Gasteiger partial charge in [0.1, 0.15) is 11.3 Å². The minimum absolute atomic E-state index is 0.0681. The highest BCUT2D eigenvalue weighted by Crippen LogP contribution is 2.51. The van der Waals surface area contributed by atoms with E-state index in [9.17, 15) is 19.5 Å². The van der Waals surface area contributed by atoms with Gasteiger partial charge in [-0.1, -0.05) is 60.7 Å². The molecule has 172 valence electrons. The molecule has 2 N–H and O–H groups in total. The van der Waals surface area contributed by atoms with E-state index in [1.54, 1.807) is 61.7 Å². The molecule has 3 aromatic carbocycles. The summed E-state index contributed by atoms with van der Waals surface area (Å²) in [6.45, 7) is 0. The Labute approximate surface area is 197 Å². The molecule has 7 nitrogen and oxygen atoms in total. The van der Waals surface area contributed by atoms with Crippen LogP contribution in [0.5, 0.6) is 5.75 Å². The van der Waals surface area contributed by atoms with Gasteiger partial charge in [-0.25, -0.2) is 4.90 Å². The lowest BCUT2D eigenvalue weighted by atomic mass is 9.76. The van der Waals surface area contributed by atoms with E-state index in [1.807, 2.05) is 30.3 Å². The highest BCUT2D eigenvalue weighted by Gasteiger charge is 2.68. The molecule has 2 aliphatic rings. The maximum absolute atomic E-state index is 13.8. The average Bonchev–Trinajstić information content (AvgIpc) is 3.34. The smallest absolute Gasteiger partial charge is 0.325 e. The summed E-state index contributed by atoms with van der Waals surface area (Å²) in [5, 5.41) is 13.7. The summed E-state index contributed by atoms with van der Waals surface area (Å²) < 4.78 is 5.25. The second kappa shape index (κ2) is 8.43. The number of hydrogen-bond acceptors (Lipinski definition) is 5. The van der Waals surface area contributed by atoms with E-state index in [4.69, 9.17) is 4.74 Å². The number of ether oxygens (including phenoxy) is 1. The van der Waals surface area contributed by atoms with Crippen molar-refractivity contribution in [3.05, 3.63) is 96.1 Å². The molecule has 3 aromatic rings. The number of imide groups is 1. The number of nitrogens with zero attached hydrogens (tertiary/aromatic N) is 1. The van der Waals surface area contributed by atoms with Crippen LogP contribution in [0.25, 0.3) is 0 Å². The molecule has 2 heterocycles. The number of para-hydroxylation sites is 1. The highest BCUT2D eigenvalue weighted by molar-refractivity contribution is 6.24. The third-order valence-corrected chi connectivity index (χ3v) is 6.85. The summed E-state index contributed by atoms with van der Waals surface area (Å²) in [6, 6.07) is 24.3. The highest BCUT2D eigenvalue weighted by atomic mass is 16.5. The Morgan fingerprint density at radius 3 is 2.15 bits per heavy atom. The van der Waals surface area contributed by atoms with E-state index in [-0.39, 0.29) is 6.42 Å². The molecule has 5 rings (SSSR count). The molecule has 0 aromatic heterocycles. The van der Waals surface area contributed by atoms with Crippen LogP contribution in [0.3, 0.4) is 0 Å². The predicted molar refractivity (Wildman–Crippen MR) is 125 cm³/mol. The number of carbonyl (C=O) groups is 3. The number of methoxy groups -OCH3 is 1. The Kier molecular flexibility index (Phi) is 5.42. The van der Waals surface area contributed by atoms with E-state index in [0.29, 0.717) is 11.4 Å². The SMILES string of the molecule is COc1ccc([C@@H]2N[C@](Cc3ccccc3)(C(=O)O)[C@@H]3C(=O)N(c4ccccc4)C(=O)[C@@H]32)cc1. The Morgan fingerprint density at radius 2 is 1.56 bits per heavy atom. The van der Waals surface area contributed by atoms with Crippen molar-refractivity contribution in [2.45, 2.75) is 18.0 Å². The number of carboxylic acids is 1. The zero-order valence-corrected chi connectivity index (χ0v) is 18.5. The van der Waals surface area contributed by atoms with Crippen molar-refractivity contribution in [1.82, 2.24) is 5.32 Å². The van der Waals surface area contributed by atoms with Crippen LogP contribution in [0.1, 0.15) is 17.2 Å². The topological polar surface area (TPSA) is 95.9 Å². The molecule has 0 aliphatic carbocycles. The van der Waals surface area contributed by atoms with Crippen LogP contribution in [-0.4, -0.2) is 35.5 Å². The fraction of sp³-hybridized carbons (Fsp3) is 0.222. The lowest BCUT2D eigenvalue weighted by molar-refractivity contribution is -0.148. The Bertz CT molecular complexity index is 1230. The van der Waals surface area contributed by atoms with Gasteiger partial charge < -0.3 is 9.84 Å². The number of carboxylic acid groups (broad SMARTS) is 1.